The molecule has 0 spiro atoms. The van der Waals surface area contributed by atoms with Gasteiger partial charge in [-0.15, -0.1) is 0 Å². The Balaban J connectivity index is 2.84. The average molecular weight is 230 g/mol. The number of nitrogens with zero attached hydrogens (tertiary/aromatic N) is 2. The zero-order chi connectivity index (χ0) is 10.6. The predicted molar refractivity (Wildman–Crippen MR) is 61.5 cm³/mol. The quantitative estimate of drug-likeness (QED) is 0.804. The van der Waals surface area contributed by atoms with Crippen molar-refractivity contribution in [2.24, 2.45) is 5.73 Å². The van der Waals surface area contributed by atoms with Gasteiger partial charge >= 0.3 is 0 Å². The summed E-state index contributed by atoms with van der Waals surface area (Å²) in [5, 5.41) is 0.406. The van der Waals surface area contributed by atoms with Crippen molar-refractivity contribution in [1.82, 2.24) is 9.97 Å². The molecule has 0 saturated carbocycles. The first kappa shape index (κ1) is 11.3. The molecule has 0 bridgehead atoms. The summed E-state index contributed by atoms with van der Waals surface area (Å²) >= 11 is 10.7. The molecule has 2 N–H and O–H groups in total. The van der Waals surface area contributed by atoms with Crippen molar-refractivity contribution in [3.8, 4) is 0 Å². The predicted octanol–water partition coefficient (Wildman–Crippen LogP) is 2.11. The van der Waals surface area contributed by atoms with Crippen LogP contribution in [0, 0.1) is 0 Å². The van der Waals surface area contributed by atoms with Gasteiger partial charge in [0.25, 0.3) is 0 Å². The van der Waals surface area contributed by atoms with Gasteiger partial charge in [0, 0.05) is 0 Å². The van der Waals surface area contributed by atoms with E-state index in [-0.39, 0.29) is 4.99 Å². The molecule has 1 rings (SSSR count). The summed E-state index contributed by atoms with van der Waals surface area (Å²) in [5.74, 6) is 0. The van der Waals surface area contributed by atoms with E-state index in [4.69, 9.17) is 29.6 Å². The maximum atomic E-state index is 5.92. The Labute approximate surface area is 93.7 Å². The van der Waals surface area contributed by atoms with Crippen LogP contribution in [-0.2, 0) is 6.42 Å². The molecule has 0 aliphatic heterocycles. The second-order valence-electron chi connectivity index (χ2n) is 2.96. The Bertz CT molecular complexity index is 341. The lowest BCUT2D eigenvalue weighted by Gasteiger charge is -2.03. The smallest absolute Gasteiger partial charge is 0.151 e. The molecule has 5 heteroatoms. The van der Waals surface area contributed by atoms with E-state index in [0.29, 0.717) is 10.8 Å². The lowest BCUT2D eigenvalue weighted by Crippen LogP contribution is -2.13. The maximum absolute atomic E-state index is 5.92. The molecule has 0 aliphatic rings. The first-order valence-electron chi connectivity index (χ1n) is 4.46. The number of rotatable bonds is 4. The molecular weight excluding hydrogens is 218 g/mol. The molecule has 0 aliphatic carbocycles. The largest absolute Gasteiger partial charge is 0.388 e. The van der Waals surface area contributed by atoms with Gasteiger partial charge in [0.2, 0.25) is 0 Å². The van der Waals surface area contributed by atoms with Crippen LogP contribution in [0.3, 0.4) is 0 Å². The zero-order valence-electron chi connectivity index (χ0n) is 7.96. The van der Waals surface area contributed by atoms with Crippen LogP contribution in [0.5, 0.6) is 0 Å². The van der Waals surface area contributed by atoms with Crippen molar-refractivity contribution in [3.63, 3.8) is 0 Å². The van der Waals surface area contributed by atoms with E-state index < -0.39 is 0 Å². The first-order valence-corrected chi connectivity index (χ1v) is 5.25. The lowest BCUT2D eigenvalue weighted by atomic mass is 10.2. The Morgan fingerprint density at radius 2 is 2.36 bits per heavy atom. The second kappa shape index (κ2) is 5.22. The van der Waals surface area contributed by atoms with E-state index in [2.05, 4.69) is 16.9 Å². The van der Waals surface area contributed by atoms with E-state index in [1.807, 2.05) is 0 Å². The van der Waals surface area contributed by atoms with Crippen LogP contribution in [0.2, 0.25) is 5.15 Å². The summed E-state index contributed by atoms with van der Waals surface area (Å²) in [5.41, 5.74) is 6.69. The standard InChI is InChI=1S/C9H12ClN3S/c1-2-3-4-6-8(10)13-7(5-12-6)9(11)14/h5H,2-4H2,1H3,(H2,11,14). The van der Waals surface area contributed by atoms with Gasteiger partial charge in [-0.2, -0.15) is 0 Å². The maximum Gasteiger partial charge on any atom is 0.151 e. The molecule has 76 valence electrons. The van der Waals surface area contributed by atoms with Gasteiger partial charge in [0.1, 0.15) is 10.7 Å². The Kier molecular flexibility index (Phi) is 4.22. The van der Waals surface area contributed by atoms with Gasteiger partial charge < -0.3 is 5.73 Å². The van der Waals surface area contributed by atoms with E-state index in [1.165, 1.54) is 0 Å². The molecule has 0 amide bonds. The third kappa shape index (κ3) is 2.89. The monoisotopic (exact) mass is 229 g/mol. The second-order valence-corrected chi connectivity index (χ2v) is 3.76. The van der Waals surface area contributed by atoms with E-state index >= 15 is 0 Å². The van der Waals surface area contributed by atoms with Crippen LogP contribution >= 0.6 is 23.8 Å². The summed E-state index contributed by atoms with van der Waals surface area (Å²) in [6.45, 7) is 2.12. The summed E-state index contributed by atoms with van der Waals surface area (Å²) in [6.07, 6.45) is 4.58. The normalized spacial score (nSPS) is 10.1. The molecule has 1 heterocycles. The molecule has 0 atom stereocenters. The molecule has 3 nitrogen and oxygen atoms in total. The van der Waals surface area contributed by atoms with Crippen molar-refractivity contribution in [1.29, 1.82) is 0 Å². The van der Waals surface area contributed by atoms with Gasteiger partial charge in [0.05, 0.1) is 11.9 Å². The Morgan fingerprint density at radius 3 is 2.86 bits per heavy atom. The van der Waals surface area contributed by atoms with Gasteiger partial charge in [-0.05, 0) is 12.8 Å². The molecule has 0 radical (unpaired) electrons. The minimum atomic E-state index is 0.224. The highest BCUT2D eigenvalue weighted by atomic mass is 35.5. The topological polar surface area (TPSA) is 51.8 Å². The highest BCUT2D eigenvalue weighted by molar-refractivity contribution is 7.80. The summed E-state index contributed by atoms with van der Waals surface area (Å²) in [6, 6.07) is 0. The molecule has 1 aromatic rings. The summed E-state index contributed by atoms with van der Waals surface area (Å²) in [7, 11) is 0. The number of aromatic nitrogens is 2. The van der Waals surface area contributed by atoms with Gasteiger partial charge in [-0.25, -0.2) is 4.98 Å². The van der Waals surface area contributed by atoms with Crippen molar-refractivity contribution in [2.75, 3.05) is 0 Å². The zero-order valence-corrected chi connectivity index (χ0v) is 9.53. The summed E-state index contributed by atoms with van der Waals surface area (Å²) < 4.78 is 0. The fourth-order valence-electron chi connectivity index (χ4n) is 1.02. The molecule has 0 fully saturated rings. The van der Waals surface area contributed by atoms with Gasteiger partial charge in [-0.1, -0.05) is 37.2 Å². The van der Waals surface area contributed by atoms with Gasteiger partial charge in [-0.3, -0.25) is 4.98 Å². The number of unbranched alkanes of at least 4 members (excludes halogenated alkanes) is 1. The van der Waals surface area contributed by atoms with E-state index in [0.717, 1.165) is 25.0 Å². The van der Waals surface area contributed by atoms with Crippen molar-refractivity contribution in [3.05, 3.63) is 22.7 Å². The Hall–Kier alpha value is -0.740. The molecule has 14 heavy (non-hydrogen) atoms. The minimum Gasteiger partial charge on any atom is -0.388 e. The highest BCUT2D eigenvalue weighted by Crippen LogP contribution is 2.13. The van der Waals surface area contributed by atoms with E-state index in [9.17, 15) is 0 Å². The number of thiocarbonyl (C=S) groups is 1. The van der Waals surface area contributed by atoms with Crippen LogP contribution in [0.15, 0.2) is 6.20 Å². The fraction of sp³-hybridized carbons (Fsp3) is 0.444. The van der Waals surface area contributed by atoms with Crippen molar-refractivity contribution >= 4 is 28.8 Å². The van der Waals surface area contributed by atoms with Crippen LogP contribution in [-0.4, -0.2) is 15.0 Å². The number of hydrogen-bond acceptors (Lipinski definition) is 3. The molecule has 0 unspecified atom stereocenters. The lowest BCUT2D eigenvalue weighted by molar-refractivity contribution is 0.772. The fourth-order valence-corrected chi connectivity index (χ4v) is 1.35. The Morgan fingerprint density at radius 1 is 1.64 bits per heavy atom. The molecule has 1 aromatic heterocycles. The van der Waals surface area contributed by atoms with Crippen molar-refractivity contribution in [2.45, 2.75) is 26.2 Å². The van der Waals surface area contributed by atoms with Crippen LogP contribution in [0.25, 0.3) is 0 Å². The van der Waals surface area contributed by atoms with Gasteiger partial charge in [0.15, 0.2) is 5.15 Å². The molecule has 0 saturated heterocycles. The first-order chi connectivity index (χ1) is 6.65. The van der Waals surface area contributed by atoms with Crippen LogP contribution in [0.4, 0.5) is 0 Å². The van der Waals surface area contributed by atoms with Crippen LogP contribution < -0.4 is 5.73 Å². The highest BCUT2D eigenvalue weighted by Gasteiger charge is 2.06. The third-order valence-corrected chi connectivity index (χ3v) is 2.33. The minimum absolute atomic E-state index is 0.224. The average Bonchev–Trinajstić information content (AvgIpc) is 2.15. The van der Waals surface area contributed by atoms with E-state index in [1.54, 1.807) is 6.20 Å². The number of hydrogen-bond donors (Lipinski definition) is 1. The number of nitrogens with two attached hydrogens (primary N) is 1. The third-order valence-electron chi connectivity index (χ3n) is 1.82. The van der Waals surface area contributed by atoms with Crippen LogP contribution in [0.1, 0.15) is 31.2 Å². The SMILES string of the molecule is CCCCc1ncc(C(N)=S)nc1Cl. The number of halogens is 1. The number of aryl methyl sites for hydroxylation is 1. The van der Waals surface area contributed by atoms with Crippen molar-refractivity contribution < 1.29 is 0 Å². The summed E-state index contributed by atoms with van der Waals surface area (Å²) in [4.78, 5) is 8.46. The molecular formula is C9H12ClN3S. The molecule has 0 aromatic carbocycles.